The number of hydrogen-bond donors (Lipinski definition) is 1. The topological polar surface area (TPSA) is 38.4 Å². The van der Waals surface area contributed by atoms with Gasteiger partial charge in [-0.2, -0.15) is 18.2 Å². The molecule has 3 heteroatoms. The van der Waals surface area contributed by atoms with Gasteiger partial charge in [0, 0.05) is 19.5 Å². The molecule has 0 amide bonds. The summed E-state index contributed by atoms with van der Waals surface area (Å²) in [5.41, 5.74) is 6.80. The van der Waals surface area contributed by atoms with Crippen LogP contribution in [0.4, 0.5) is 11.4 Å². The molecule has 0 heterocycles. The van der Waals surface area contributed by atoms with Gasteiger partial charge in [0.25, 0.3) is 0 Å². The average molecular weight is 185 g/mol. The van der Waals surface area contributed by atoms with Crippen LogP contribution in [0.5, 0.6) is 0 Å². The van der Waals surface area contributed by atoms with E-state index in [0.717, 1.165) is 0 Å². The monoisotopic (exact) mass is 183 g/mol. The van der Waals surface area contributed by atoms with Crippen LogP contribution in [0, 0.1) is 6.07 Å². The quantitative estimate of drug-likeness (QED) is 0.305. The molecule has 0 aromatic heterocycles. The van der Waals surface area contributed by atoms with E-state index < -0.39 is 0 Å². The van der Waals surface area contributed by atoms with Gasteiger partial charge in [-0.1, -0.05) is 5.69 Å². The maximum atomic E-state index is 5.47. The van der Waals surface area contributed by atoms with Gasteiger partial charge in [0.1, 0.15) is 0 Å². The number of rotatable bonds is 1. The molecule has 0 saturated heterocycles. The summed E-state index contributed by atoms with van der Waals surface area (Å²) in [4.78, 5) is 3.68. The minimum Gasteiger partial charge on any atom is -0.448 e. The van der Waals surface area contributed by atoms with E-state index in [0.29, 0.717) is 11.4 Å². The van der Waals surface area contributed by atoms with Crippen molar-refractivity contribution in [1.29, 1.82) is 0 Å². The van der Waals surface area contributed by atoms with Crippen LogP contribution in [0.2, 0.25) is 0 Å². The van der Waals surface area contributed by atoms with Crippen molar-refractivity contribution in [2.45, 2.75) is 0 Å². The van der Waals surface area contributed by atoms with Crippen LogP contribution in [0.1, 0.15) is 0 Å². The molecule has 0 bridgehead atoms. The Kier molecular flexibility index (Phi) is 3.89. The first-order valence-corrected chi connectivity index (χ1v) is 2.57. The zero-order chi connectivity index (χ0) is 6.69. The molecule has 0 aliphatic rings. The summed E-state index contributed by atoms with van der Waals surface area (Å²) >= 11 is 0. The number of anilines is 1. The van der Waals surface area contributed by atoms with E-state index in [-0.39, 0.29) is 19.5 Å². The molecule has 0 aliphatic heterocycles. The molecule has 1 rings (SSSR count). The van der Waals surface area contributed by atoms with Gasteiger partial charge in [0.05, 0.1) is 0 Å². The van der Waals surface area contributed by atoms with E-state index in [4.69, 9.17) is 5.73 Å². The van der Waals surface area contributed by atoms with Crippen molar-refractivity contribution < 1.29 is 19.5 Å². The van der Waals surface area contributed by atoms with E-state index in [1.807, 2.05) is 0 Å². The Bertz CT molecular complexity index is 223. The van der Waals surface area contributed by atoms with Crippen molar-refractivity contribution in [1.82, 2.24) is 0 Å². The molecule has 0 saturated carbocycles. The van der Waals surface area contributed by atoms with E-state index in [2.05, 4.69) is 17.8 Å². The van der Waals surface area contributed by atoms with Crippen molar-refractivity contribution in [2.24, 2.45) is 4.99 Å². The molecule has 0 radical (unpaired) electrons. The fourth-order valence-electron chi connectivity index (χ4n) is 0.579. The summed E-state index contributed by atoms with van der Waals surface area (Å²) in [6, 6.07) is 8.01. The van der Waals surface area contributed by atoms with Crippen molar-refractivity contribution in [2.75, 3.05) is 5.73 Å². The number of hydrogen-bond acceptors (Lipinski definition) is 2. The van der Waals surface area contributed by atoms with E-state index >= 15 is 0 Å². The Hall–Kier alpha value is -0.687. The molecule has 0 atom stereocenters. The molecular weight excluding hydrogens is 177 g/mol. The Morgan fingerprint density at radius 1 is 1.60 bits per heavy atom. The van der Waals surface area contributed by atoms with Crippen LogP contribution >= 0.6 is 0 Å². The Labute approximate surface area is 72.9 Å². The summed E-state index contributed by atoms with van der Waals surface area (Å²) in [6.07, 6.45) is 0. The summed E-state index contributed by atoms with van der Waals surface area (Å²) in [5, 5.41) is 0. The fourth-order valence-corrected chi connectivity index (χ4v) is 0.579. The smallest absolute Gasteiger partial charge is 0 e. The van der Waals surface area contributed by atoms with Gasteiger partial charge in [-0.25, -0.2) is 0 Å². The molecule has 10 heavy (non-hydrogen) atoms. The van der Waals surface area contributed by atoms with Gasteiger partial charge in [-0.3, -0.25) is 4.99 Å². The van der Waals surface area contributed by atoms with Crippen molar-refractivity contribution in [3.8, 4) is 0 Å². The zero-order valence-corrected chi connectivity index (χ0v) is 8.64. The first kappa shape index (κ1) is 9.31. The van der Waals surface area contributed by atoms with E-state index in [1.54, 1.807) is 18.2 Å². The van der Waals surface area contributed by atoms with Crippen LogP contribution < -0.4 is 5.73 Å². The molecule has 2 N–H and O–H groups in total. The number of aliphatic imine (C=N–C) groups is 1. The maximum Gasteiger partial charge on any atom is 0 e. The third-order valence-corrected chi connectivity index (χ3v) is 1.04. The SMILES string of the molecule is C=Nc1cc[c-]cc1N.[Zn]. The van der Waals surface area contributed by atoms with Crippen molar-refractivity contribution in [3.63, 3.8) is 0 Å². The number of nitrogens with two attached hydrogens (primary N) is 1. The second kappa shape index (κ2) is 4.18. The summed E-state index contributed by atoms with van der Waals surface area (Å²) in [5.74, 6) is 0. The minimum atomic E-state index is 0. The molecule has 0 fully saturated rings. The van der Waals surface area contributed by atoms with Gasteiger partial charge in [0.2, 0.25) is 0 Å². The summed E-state index contributed by atoms with van der Waals surface area (Å²) in [6.45, 7) is 3.35. The van der Waals surface area contributed by atoms with Gasteiger partial charge in [0.15, 0.2) is 0 Å². The standard InChI is InChI=1S/C7H7N2.Zn/c1-9-7-5-3-2-4-6(7)8;/h3-5H,1,8H2;/q-1;. The molecule has 0 spiro atoms. The molecule has 0 unspecified atom stereocenters. The molecular formula is C7H7N2Zn-. The molecule has 1 aromatic carbocycles. The van der Waals surface area contributed by atoms with E-state index in [9.17, 15) is 0 Å². The Morgan fingerprint density at radius 2 is 2.30 bits per heavy atom. The number of benzene rings is 1. The Morgan fingerprint density at radius 3 is 2.70 bits per heavy atom. The van der Waals surface area contributed by atoms with Gasteiger partial charge >= 0.3 is 0 Å². The summed E-state index contributed by atoms with van der Waals surface area (Å²) in [7, 11) is 0. The van der Waals surface area contributed by atoms with Crippen LogP contribution in [-0.2, 0) is 19.5 Å². The molecule has 2 nitrogen and oxygen atoms in total. The second-order valence-electron chi connectivity index (χ2n) is 1.64. The predicted molar refractivity (Wildman–Crippen MR) is 38.9 cm³/mol. The fraction of sp³-hybridized carbons (Fsp3) is 0. The zero-order valence-electron chi connectivity index (χ0n) is 5.67. The Balaban J connectivity index is 0.000000810. The third kappa shape index (κ3) is 1.92. The normalized spacial score (nSPS) is 8.00. The van der Waals surface area contributed by atoms with Crippen LogP contribution in [0.15, 0.2) is 23.2 Å². The maximum absolute atomic E-state index is 5.47. The summed E-state index contributed by atoms with van der Waals surface area (Å²) < 4.78 is 0. The third-order valence-electron chi connectivity index (χ3n) is 1.04. The largest absolute Gasteiger partial charge is 0.448 e. The first-order chi connectivity index (χ1) is 4.34. The van der Waals surface area contributed by atoms with Crippen molar-refractivity contribution in [3.05, 3.63) is 24.3 Å². The number of nitrogen functional groups attached to an aromatic ring is 1. The van der Waals surface area contributed by atoms with Gasteiger partial charge < -0.3 is 5.73 Å². The van der Waals surface area contributed by atoms with Crippen LogP contribution in [-0.4, -0.2) is 6.72 Å². The minimum absolute atomic E-state index is 0. The van der Waals surface area contributed by atoms with Gasteiger partial charge in [-0.15, -0.1) is 6.07 Å². The molecule has 1 aromatic rings. The second-order valence-corrected chi connectivity index (χ2v) is 1.64. The first-order valence-electron chi connectivity index (χ1n) is 2.57. The predicted octanol–water partition coefficient (Wildman–Crippen LogP) is 1.40. The van der Waals surface area contributed by atoms with E-state index in [1.165, 1.54) is 0 Å². The van der Waals surface area contributed by atoms with Crippen LogP contribution in [0.3, 0.4) is 0 Å². The molecule has 48 valence electrons. The average Bonchev–Trinajstić information content (AvgIpc) is 1.89. The van der Waals surface area contributed by atoms with Crippen molar-refractivity contribution >= 4 is 18.1 Å². The molecule has 0 aliphatic carbocycles. The number of nitrogens with zero attached hydrogens (tertiary/aromatic N) is 1. The van der Waals surface area contributed by atoms with Crippen LogP contribution in [0.25, 0.3) is 0 Å². The van der Waals surface area contributed by atoms with Gasteiger partial charge in [-0.05, 0) is 12.4 Å².